The Labute approximate surface area is 67.4 Å². The van der Waals surface area contributed by atoms with Crippen molar-refractivity contribution in [3.63, 3.8) is 0 Å². The van der Waals surface area contributed by atoms with E-state index in [-0.39, 0.29) is 5.95 Å². The summed E-state index contributed by atoms with van der Waals surface area (Å²) in [5, 5.41) is 0. The molecule has 0 spiro atoms. The molecule has 12 heavy (non-hydrogen) atoms. The Kier molecular flexibility index (Phi) is 1.31. The lowest BCUT2D eigenvalue weighted by Gasteiger charge is -1.99. The van der Waals surface area contributed by atoms with Gasteiger partial charge in [0, 0.05) is 0 Å². The fourth-order valence-corrected chi connectivity index (χ4v) is 0.917. The predicted molar refractivity (Wildman–Crippen MR) is 43.3 cm³/mol. The van der Waals surface area contributed by atoms with Gasteiger partial charge in [0.25, 0.3) is 0 Å². The van der Waals surface area contributed by atoms with Gasteiger partial charge in [-0.1, -0.05) is 0 Å². The van der Waals surface area contributed by atoms with Crippen LogP contribution >= 0.6 is 0 Å². The normalized spacial score (nSPS) is 10.4. The number of aromatic nitrogens is 4. The van der Waals surface area contributed by atoms with E-state index in [0.717, 1.165) is 0 Å². The second kappa shape index (κ2) is 2.31. The monoisotopic (exact) mass is 165 g/mol. The number of anilines is 1. The van der Waals surface area contributed by atoms with E-state index in [2.05, 4.69) is 20.5 Å². The van der Waals surface area contributed by atoms with E-state index < -0.39 is 0 Å². The highest BCUT2D eigenvalue weighted by atomic mass is 15.6. The van der Waals surface area contributed by atoms with Crippen LogP contribution in [0, 0.1) is 0 Å². The van der Waals surface area contributed by atoms with Gasteiger partial charge in [-0.3, -0.25) is 5.53 Å². The molecule has 0 atom stereocenters. The number of imidazole rings is 1. The van der Waals surface area contributed by atoms with Gasteiger partial charge in [-0.15, -0.1) is 0 Å². The summed E-state index contributed by atoms with van der Waals surface area (Å²) in [6.45, 7) is 0. The van der Waals surface area contributed by atoms with Crippen LogP contribution in [0.15, 0.2) is 12.5 Å². The molecule has 0 unspecified atom stereocenters. The van der Waals surface area contributed by atoms with E-state index in [0.29, 0.717) is 11.2 Å². The van der Waals surface area contributed by atoms with E-state index in [1.807, 2.05) is 0 Å². The topological polar surface area (TPSA) is 108 Å². The van der Waals surface area contributed by atoms with Crippen LogP contribution in [0.25, 0.3) is 11.2 Å². The van der Waals surface area contributed by atoms with Crippen molar-refractivity contribution in [1.29, 1.82) is 0 Å². The molecule has 2 rings (SSSR count). The fourth-order valence-electron chi connectivity index (χ4n) is 0.917. The molecule has 0 aromatic carbocycles. The summed E-state index contributed by atoms with van der Waals surface area (Å²) in [6, 6.07) is 0. The number of fused-ring (bicyclic) bond motifs is 1. The van der Waals surface area contributed by atoms with Gasteiger partial charge in [-0.25, -0.2) is 20.5 Å². The van der Waals surface area contributed by atoms with Crippen molar-refractivity contribution in [1.82, 2.24) is 19.6 Å². The van der Waals surface area contributed by atoms with Crippen molar-refractivity contribution in [3.05, 3.63) is 12.5 Å². The fraction of sp³-hybridized carbons (Fsp3) is 0. The quantitative estimate of drug-likeness (QED) is 0.363. The van der Waals surface area contributed by atoms with Gasteiger partial charge < -0.3 is 5.73 Å². The summed E-state index contributed by atoms with van der Waals surface area (Å²) in [4.78, 5) is 11.7. The van der Waals surface area contributed by atoms with Crippen molar-refractivity contribution >= 4 is 17.1 Å². The highest BCUT2D eigenvalue weighted by Crippen LogP contribution is 2.06. The maximum Gasteiger partial charge on any atom is 0.222 e. The van der Waals surface area contributed by atoms with Crippen molar-refractivity contribution in [2.24, 2.45) is 5.84 Å². The van der Waals surface area contributed by atoms with Crippen molar-refractivity contribution in [3.8, 4) is 0 Å². The number of rotatable bonds is 1. The molecule has 7 heteroatoms. The van der Waals surface area contributed by atoms with Crippen LogP contribution in [0.5, 0.6) is 0 Å². The number of nitrogen functional groups attached to an aromatic ring is 2. The summed E-state index contributed by atoms with van der Waals surface area (Å²) in [5.41, 5.74) is 8.96. The molecule has 2 heterocycles. The van der Waals surface area contributed by atoms with Gasteiger partial charge in [0.05, 0.1) is 6.20 Å². The maximum absolute atomic E-state index is 5.37. The summed E-state index contributed by atoms with van der Waals surface area (Å²) in [7, 11) is 0. The Morgan fingerprint density at radius 3 is 3.00 bits per heavy atom. The molecular weight excluding hydrogens is 158 g/mol. The number of hydrazine groups is 1. The van der Waals surface area contributed by atoms with E-state index in [4.69, 9.17) is 11.6 Å². The molecule has 0 aliphatic carbocycles. The molecule has 5 N–H and O–H groups in total. The van der Waals surface area contributed by atoms with Crippen LogP contribution in [-0.2, 0) is 0 Å². The van der Waals surface area contributed by atoms with Crippen LogP contribution in [-0.4, -0.2) is 19.6 Å². The van der Waals surface area contributed by atoms with Crippen molar-refractivity contribution in [2.45, 2.75) is 0 Å². The minimum absolute atomic E-state index is 0.194. The summed E-state index contributed by atoms with van der Waals surface area (Å²) in [6.07, 6.45) is 3.03. The zero-order valence-corrected chi connectivity index (χ0v) is 6.10. The number of hydrogen-bond donors (Lipinski definition) is 3. The summed E-state index contributed by atoms with van der Waals surface area (Å²) < 4.78 is 1.45. The van der Waals surface area contributed by atoms with Crippen LogP contribution in [0.4, 0.5) is 5.95 Å². The Morgan fingerprint density at radius 1 is 1.42 bits per heavy atom. The SMILES string of the molecule is NNn1cnc2cnc(N)nc21. The first-order valence-electron chi connectivity index (χ1n) is 3.23. The highest BCUT2D eigenvalue weighted by Gasteiger charge is 2.02. The molecule has 0 saturated carbocycles. The van der Waals surface area contributed by atoms with E-state index in [1.165, 1.54) is 17.2 Å². The first-order chi connectivity index (χ1) is 5.81. The molecule has 2 aromatic heterocycles. The molecular formula is C5H7N7. The van der Waals surface area contributed by atoms with Gasteiger partial charge in [0.15, 0.2) is 5.65 Å². The largest absolute Gasteiger partial charge is 0.368 e. The van der Waals surface area contributed by atoms with Gasteiger partial charge in [0.2, 0.25) is 5.95 Å². The van der Waals surface area contributed by atoms with E-state index in [9.17, 15) is 0 Å². The van der Waals surface area contributed by atoms with Gasteiger partial charge >= 0.3 is 0 Å². The zero-order valence-electron chi connectivity index (χ0n) is 6.10. The molecule has 0 bridgehead atoms. The maximum atomic E-state index is 5.37. The third-order valence-electron chi connectivity index (χ3n) is 1.45. The highest BCUT2D eigenvalue weighted by molar-refractivity contribution is 5.70. The Balaban J connectivity index is 2.75. The smallest absolute Gasteiger partial charge is 0.222 e. The van der Waals surface area contributed by atoms with Crippen LogP contribution < -0.4 is 17.1 Å². The van der Waals surface area contributed by atoms with Crippen molar-refractivity contribution in [2.75, 3.05) is 11.3 Å². The summed E-state index contributed by atoms with van der Waals surface area (Å²) in [5.74, 6) is 5.38. The predicted octanol–water partition coefficient (Wildman–Crippen LogP) is -1.17. The first-order valence-corrected chi connectivity index (χ1v) is 3.23. The lowest BCUT2D eigenvalue weighted by atomic mass is 10.6. The number of nitrogens with two attached hydrogens (primary N) is 2. The Morgan fingerprint density at radius 2 is 2.25 bits per heavy atom. The van der Waals surface area contributed by atoms with Gasteiger partial charge in [-0.2, -0.15) is 4.98 Å². The molecule has 0 aliphatic heterocycles. The average Bonchev–Trinajstić information content (AvgIpc) is 2.46. The van der Waals surface area contributed by atoms with E-state index in [1.54, 1.807) is 0 Å². The lowest BCUT2D eigenvalue weighted by Crippen LogP contribution is -2.20. The average molecular weight is 165 g/mol. The second-order valence-electron chi connectivity index (χ2n) is 2.18. The third-order valence-corrected chi connectivity index (χ3v) is 1.45. The molecule has 62 valence electrons. The minimum Gasteiger partial charge on any atom is -0.368 e. The minimum atomic E-state index is 0.194. The third kappa shape index (κ3) is 0.839. The molecule has 0 radical (unpaired) electrons. The molecule has 0 amide bonds. The molecule has 2 aromatic rings. The molecule has 7 nitrogen and oxygen atoms in total. The Bertz CT molecular complexity index is 405. The van der Waals surface area contributed by atoms with Crippen LogP contribution in [0.1, 0.15) is 0 Å². The Hall–Kier alpha value is -1.89. The molecule has 0 aliphatic rings. The standard InChI is InChI=1S/C5H7N7/c6-5-8-1-3-4(10-5)12(11-7)2-9-3/h1-2,11H,7H2,(H2,6,8,10). The molecule has 0 fully saturated rings. The number of hydrogen-bond acceptors (Lipinski definition) is 6. The number of nitrogens with one attached hydrogen (secondary N) is 1. The zero-order chi connectivity index (χ0) is 8.55. The first kappa shape index (κ1) is 6.80. The number of nitrogens with zero attached hydrogens (tertiary/aromatic N) is 4. The van der Waals surface area contributed by atoms with Crippen LogP contribution in [0.2, 0.25) is 0 Å². The van der Waals surface area contributed by atoms with E-state index >= 15 is 0 Å². The van der Waals surface area contributed by atoms with Crippen molar-refractivity contribution < 1.29 is 0 Å². The lowest BCUT2D eigenvalue weighted by molar-refractivity contribution is 0.893. The van der Waals surface area contributed by atoms with Gasteiger partial charge in [0.1, 0.15) is 11.8 Å². The van der Waals surface area contributed by atoms with Crippen LogP contribution in [0.3, 0.4) is 0 Å². The second-order valence-corrected chi connectivity index (χ2v) is 2.18. The van der Waals surface area contributed by atoms with Gasteiger partial charge in [-0.05, 0) is 0 Å². The molecule has 0 saturated heterocycles. The summed E-state index contributed by atoms with van der Waals surface area (Å²) >= 11 is 0.